The molecule has 0 heterocycles. The lowest BCUT2D eigenvalue weighted by molar-refractivity contribution is 0.672. The molecule has 0 spiro atoms. The molecule has 0 aromatic carbocycles. The normalized spacial score (nSPS) is 11.4. The minimum Gasteiger partial charge on any atom is -0.0654 e. The van der Waals surface area contributed by atoms with Crippen LogP contribution in [-0.2, 0) is 0 Å². The average molecular weight is 286 g/mol. The smallest absolute Gasteiger partial charge is 0.0654 e. The van der Waals surface area contributed by atoms with Crippen molar-refractivity contribution >= 4 is 8.80 Å². The maximum absolute atomic E-state index is 2.32. The summed E-state index contributed by atoms with van der Waals surface area (Å²) in [6.07, 6.45) is 17.7. The Balaban J connectivity index is 0. The lowest BCUT2D eigenvalue weighted by Gasteiger charge is -2.15. The Hall–Kier alpha value is 0.217. The summed E-state index contributed by atoms with van der Waals surface area (Å²) in [5.74, 6) is 0. The van der Waals surface area contributed by atoms with Crippen LogP contribution in [0.15, 0.2) is 0 Å². The van der Waals surface area contributed by atoms with Crippen LogP contribution in [0.1, 0.15) is 99.2 Å². The Morgan fingerprint density at radius 3 is 1.05 bits per heavy atom. The summed E-state index contributed by atoms with van der Waals surface area (Å²) < 4.78 is 0. The van der Waals surface area contributed by atoms with Crippen LogP contribution in [0.3, 0.4) is 0 Å². The van der Waals surface area contributed by atoms with Crippen molar-refractivity contribution in [3.05, 3.63) is 0 Å². The van der Waals surface area contributed by atoms with Crippen LogP contribution >= 0.6 is 0 Å². The third-order valence-corrected chi connectivity index (χ3v) is 8.07. The van der Waals surface area contributed by atoms with Crippen molar-refractivity contribution in [1.29, 1.82) is 0 Å². The van der Waals surface area contributed by atoms with Gasteiger partial charge in [0.15, 0.2) is 0 Å². The van der Waals surface area contributed by atoms with Gasteiger partial charge in [0.05, 0.1) is 0 Å². The van der Waals surface area contributed by atoms with Gasteiger partial charge in [-0.25, -0.2) is 0 Å². The summed E-state index contributed by atoms with van der Waals surface area (Å²) >= 11 is 0. The van der Waals surface area contributed by atoms with Crippen LogP contribution in [-0.4, -0.2) is 8.80 Å². The van der Waals surface area contributed by atoms with Crippen molar-refractivity contribution in [2.75, 3.05) is 0 Å². The molecule has 0 aliphatic carbocycles. The molecule has 0 bridgehead atoms. The van der Waals surface area contributed by atoms with E-state index in [1.54, 1.807) is 37.4 Å². The minimum atomic E-state index is -0.362. The molecule has 0 N–H and O–H groups in total. The van der Waals surface area contributed by atoms with E-state index >= 15 is 0 Å². The highest BCUT2D eigenvalue weighted by Gasteiger charge is 2.09. The minimum absolute atomic E-state index is 0. The largest absolute Gasteiger partial charge is 1.00 e. The van der Waals surface area contributed by atoms with Gasteiger partial charge in [0, 0.05) is 8.80 Å². The fourth-order valence-corrected chi connectivity index (χ4v) is 6.48. The van der Waals surface area contributed by atoms with Crippen molar-refractivity contribution in [1.82, 2.24) is 0 Å². The lowest BCUT2D eigenvalue weighted by atomic mass is 10.2. The molecular weight excluding hydrogens is 244 g/mol. The van der Waals surface area contributed by atoms with Gasteiger partial charge < -0.3 is 0 Å². The van der Waals surface area contributed by atoms with Crippen LogP contribution in [0, 0.1) is 0 Å². The van der Waals surface area contributed by atoms with E-state index < -0.39 is 0 Å². The second kappa shape index (κ2) is 16.3. The SMILES string of the molecule is CCCCCC[SiH](CCCCCC)CCCCCC.[H+]. The van der Waals surface area contributed by atoms with Crippen LogP contribution in [0.4, 0.5) is 0 Å². The molecule has 0 unspecified atom stereocenters. The molecule has 116 valence electrons. The van der Waals surface area contributed by atoms with Gasteiger partial charge in [0.2, 0.25) is 0 Å². The predicted molar refractivity (Wildman–Crippen MR) is 95.1 cm³/mol. The monoisotopic (exact) mass is 285 g/mol. The first kappa shape index (κ1) is 19.2. The van der Waals surface area contributed by atoms with Crippen molar-refractivity contribution in [2.45, 2.75) is 116 Å². The zero-order valence-electron chi connectivity index (χ0n) is 15.2. The van der Waals surface area contributed by atoms with Crippen molar-refractivity contribution in [3.63, 3.8) is 0 Å². The van der Waals surface area contributed by atoms with E-state index in [1.165, 1.54) is 57.8 Å². The van der Waals surface area contributed by atoms with Gasteiger partial charge in [-0.05, 0) is 0 Å². The van der Waals surface area contributed by atoms with E-state index in [4.69, 9.17) is 0 Å². The summed E-state index contributed by atoms with van der Waals surface area (Å²) in [4.78, 5) is 0. The standard InChI is InChI=1S/C18H40Si/c1-4-7-10-13-16-19(17-14-11-8-5-2)18-15-12-9-6-3/h19H,4-18H2,1-3H3/p+1. The Morgan fingerprint density at radius 1 is 0.474 bits per heavy atom. The maximum Gasteiger partial charge on any atom is 1.00 e. The van der Waals surface area contributed by atoms with Crippen molar-refractivity contribution < 1.29 is 1.43 Å². The van der Waals surface area contributed by atoms with Crippen LogP contribution in [0.5, 0.6) is 0 Å². The Labute approximate surface area is 126 Å². The first-order chi connectivity index (χ1) is 9.35. The third kappa shape index (κ3) is 14.4. The maximum atomic E-state index is 2.32. The Kier molecular flexibility index (Phi) is 16.5. The number of hydrogen-bond donors (Lipinski definition) is 0. The average Bonchev–Trinajstić information content (AvgIpc) is 2.43. The molecule has 0 radical (unpaired) electrons. The first-order valence-electron chi connectivity index (χ1n) is 9.35. The second-order valence-corrected chi connectivity index (χ2v) is 9.88. The van der Waals surface area contributed by atoms with E-state index in [2.05, 4.69) is 20.8 Å². The van der Waals surface area contributed by atoms with Gasteiger partial charge in [-0.15, -0.1) is 0 Å². The summed E-state index contributed by atoms with van der Waals surface area (Å²) in [6, 6.07) is 4.95. The van der Waals surface area contributed by atoms with Crippen molar-refractivity contribution in [3.8, 4) is 0 Å². The molecule has 0 amide bonds. The molecule has 0 nitrogen and oxygen atoms in total. The predicted octanol–water partition coefficient (Wildman–Crippen LogP) is 7.07. The van der Waals surface area contributed by atoms with E-state index in [-0.39, 0.29) is 10.2 Å². The van der Waals surface area contributed by atoms with E-state index in [1.807, 2.05) is 0 Å². The molecule has 0 saturated carbocycles. The van der Waals surface area contributed by atoms with Gasteiger partial charge in [0.25, 0.3) is 0 Å². The molecule has 0 rings (SSSR count). The third-order valence-electron chi connectivity index (χ3n) is 4.40. The lowest BCUT2D eigenvalue weighted by Crippen LogP contribution is -2.11. The zero-order chi connectivity index (χ0) is 14.2. The van der Waals surface area contributed by atoms with Gasteiger partial charge in [-0.3, -0.25) is 0 Å². The van der Waals surface area contributed by atoms with Crippen LogP contribution in [0.2, 0.25) is 18.1 Å². The summed E-state index contributed by atoms with van der Waals surface area (Å²) in [7, 11) is -0.362. The molecule has 1 heteroatoms. The number of unbranched alkanes of at least 4 members (excludes halogenated alkanes) is 9. The Morgan fingerprint density at radius 2 is 0.789 bits per heavy atom. The molecule has 0 atom stereocenters. The molecule has 0 fully saturated rings. The molecule has 0 aromatic rings. The fourth-order valence-electron chi connectivity index (χ4n) is 3.01. The quantitative estimate of drug-likeness (QED) is 0.223. The van der Waals surface area contributed by atoms with Crippen LogP contribution < -0.4 is 0 Å². The highest BCUT2D eigenvalue weighted by Crippen LogP contribution is 2.19. The van der Waals surface area contributed by atoms with E-state index in [0.717, 1.165) is 0 Å². The van der Waals surface area contributed by atoms with Crippen LogP contribution in [0.25, 0.3) is 0 Å². The first-order valence-corrected chi connectivity index (χ1v) is 11.8. The van der Waals surface area contributed by atoms with Gasteiger partial charge in [0.1, 0.15) is 0 Å². The molecular formula is C18H41Si+. The van der Waals surface area contributed by atoms with Gasteiger partial charge >= 0.3 is 1.43 Å². The second-order valence-electron chi connectivity index (χ2n) is 6.41. The number of hydrogen-bond acceptors (Lipinski definition) is 0. The summed E-state index contributed by atoms with van der Waals surface area (Å²) in [6.45, 7) is 6.97. The highest BCUT2D eigenvalue weighted by molar-refractivity contribution is 6.58. The molecule has 0 aliphatic heterocycles. The molecule has 19 heavy (non-hydrogen) atoms. The summed E-state index contributed by atoms with van der Waals surface area (Å²) in [5.41, 5.74) is 0. The topological polar surface area (TPSA) is 0 Å². The highest BCUT2D eigenvalue weighted by atomic mass is 28.3. The molecule has 0 aliphatic rings. The van der Waals surface area contributed by atoms with E-state index in [9.17, 15) is 0 Å². The van der Waals surface area contributed by atoms with Gasteiger partial charge in [-0.1, -0.05) is 116 Å². The van der Waals surface area contributed by atoms with E-state index in [0.29, 0.717) is 0 Å². The number of rotatable bonds is 15. The summed E-state index contributed by atoms with van der Waals surface area (Å²) in [5, 5.41) is 0. The fraction of sp³-hybridized carbons (Fsp3) is 1.00. The molecule has 0 aromatic heterocycles. The zero-order valence-corrected chi connectivity index (χ0v) is 15.3. The Bertz CT molecular complexity index is 133. The van der Waals surface area contributed by atoms with Crippen molar-refractivity contribution in [2.24, 2.45) is 0 Å². The molecule has 0 saturated heterocycles. The van der Waals surface area contributed by atoms with Gasteiger partial charge in [-0.2, -0.15) is 0 Å².